The molecule has 0 aliphatic rings. The van der Waals surface area contributed by atoms with Gasteiger partial charge in [0.2, 0.25) is 0 Å². The highest BCUT2D eigenvalue weighted by Gasteiger charge is 2.14. The van der Waals surface area contributed by atoms with Crippen molar-refractivity contribution in [2.75, 3.05) is 20.3 Å². The van der Waals surface area contributed by atoms with E-state index in [1.165, 1.54) is 6.26 Å². The van der Waals surface area contributed by atoms with Crippen molar-refractivity contribution in [1.29, 1.82) is 0 Å². The first-order valence-corrected chi connectivity index (χ1v) is 7.30. The zero-order chi connectivity index (χ0) is 16.5. The highest BCUT2D eigenvalue weighted by molar-refractivity contribution is 6.02. The van der Waals surface area contributed by atoms with Crippen LogP contribution in [0.25, 0.3) is 0 Å². The van der Waals surface area contributed by atoms with Gasteiger partial charge in [-0.25, -0.2) is 4.99 Å². The van der Waals surface area contributed by atoms with Crippen LogP contribution in [0.5, 0.6) is 0 Å². The predicted molar refractivity (Wildman–Crippen MR) is 86.3 cm³/mol. The molecule has 0 spiro atoms. The number of amidine groups is 1. The number of nitrogens with zero attached hydrogens (tertiary/aromatic N) is 1. The first kappa shape index (κ1) is 16.8. The Morgan fingerprint density at radius 1 is 1.22 bits per heavy atom. The number of carbonyl (C=O) groups is 1. The van der Waals surface area contributed by atoms with Gasteiger partial charge in [-0.05, 0) is 24.6 Å². The molecule has 0 fully saturated rings. The lowest BCUT2D eigenvalue weighted by Gasteiger charge is -2.13. The average Bonchev–Trinajstić information content (AvgIpc) is 3.10. The Kier molecular flexibility index (Phi) is 6.38. The lowest BCUT2D eigenvalue weighted by Crippen LogP contribution is -2.33. The Morgan fingerprint density at radius 2 is 2.00 bits per heavy atom. The molecule has 6 heteroatoms. The molecule has 1 heterocycles. The van der Waals surface area contributed by atoms with Crippen molar-refractivity contribution in [1.82, 2.24) is 5.32 Å². The largest absolute Gasteiger partial charge is 0.463 e. The van der Waals surface area contributed by atoms with Gasteiger partial charge in [-0.2, -0.15) is 0 Å². The molecule has 0 radical (unpaired) electrons. The molecule has 0 bridgehead atoms. The van der Waals surface area contributed by atoms with Crippen LogP contribution in [0.15, 0.2) is 58.1 Å². The minimum Gasteiger partial charge on any atom is -0.463 e. The predicted octanol–water partition coefficient (Wildman–Crippen LogP) is 2.79. The van der Waals surface area contributed by atoms with Crippen LogP contribution in [0.4, 0.5) is 0 Å². The van der Waals surface area contributed by atoms with Crippen molar-refractivity contribution >= 4 is 11.9 Å². The Labute approximate surface area is 135 Å². The molecule has 0 saturated carbocycles. The molecular weight excluding hydrogens is 296 g/mol. The van der Waals surface area contributed by atoms with Gasteiger partial charge < -0.3 is 13.9 Å². The van der Waals surface area contributed by atoms with Crippen LogP contribution < -0.4 is 5.32 Å². The normalized spacial score (nSPS) is 12.7. The van der Waals surface area contributed by atoms with Crippen molar-refractivity contribution in [2.45, 2.75) is 13.0 Å². The molecule has 1 amide bonds. The summed E-state index contributed by atoms with van der Waals surface area (Å²) in [6.07, 6.45) is 1.43. The minimum atomic E-state index is -0.411. The van der Waals surface area contributed by atoms with E-state index in [9.17, 15) is 4.79 Å². The molecule has 0 aliphatic carbocycles. The molecule has 6 nitrogen and oxygen atoms in total. The van der Waals surface area contributed by atoms with E-state index in [-0.39, 0.29) is 24.4 Å². The maximum atomic E-state index is 12.1. The Morgan fingerprint density at radius 3 is 2.65 bits per heavy atom. The fraction of sp³-hybridized carbons (Fsp3) is 0.294. The maximum absolute atomic E-state index is 12.1. The summed E-state index contributed by atoms with van der Waals surface area (Å²) in [5.74, 6) is -0.216. The van der Waals surface area contributed by atoms with Crippen molar-refractivity contribution in [3.05, 3.63) is 60.1 Å². The molecule has 1 aromatic carbocycles. The lowest BCUT2D eigenvalue weighted by atomic mass is 10.1. The molecule has 122 valence electrons. The van der Waals surface area contributed by atoms with Gasteiger partial charge in [0.1, 0.15) is 6.61 Å². The quantitative estimate of drug-likeness (QED) is 0.505. The van der Waals surface area contributed by atoms with E-state index in [1.807, 2.05) is 37.3 Å². The van der Waals surface area contributed by atoms with E-state index in [2.05, 4.69) is 10.3 Å². The standard InChI is InChI=1S/C17H20N2O4/c1-13(14-7-4-3-5-8-14)18-17(23-12-11-21-2)19-16(20)15-9-6-10-22-15/h3-10,13H,11-12H2,1-2H3,(H,18,19,20). The molecule has 0 aliphatic heterocycles. The van der Waals surface area contributed by atoms with Gasteiger partial charge in [0, 0.05) is 7.11 Å². The number of amides is 1. The second-order valence-electron chi connectivity index (χ2n) is 4.79. The second kappa shape index (κ2) is 8.75. The van der Waals surface area contributed by atoms with Crippen LogP contribution in [0.1, 0.15) is 29.1 Å². The number of ether oxygens (including phenoxy) is 2. The Balaban J connectivity index is 2.09. The second-order valence-corrected chi connectivity index (χ2v) is 4.79. The van der Waals surface area contributed by atoms with E-state index < -0.39 is 5.91 Å². The van der Waals surface area contributed by atoms with Gasteiger partial charge in [-0.15, -0.1) is 0 Å². The smallest absolute Gasteiger partial charge is 0.294 e. The summed E-state index contributed by atoms with van der Waals surface area (Å²) in [6, 6.07) is 12.9. The molecule has 2 aromatic rings. The zero-order valence-corrected chi connectivity index (χ0v) is 13.2. The summed E-state index contributed by atoms with van der Waals surface area (Å²) in [6.45, 7) is 2.61. The third-order valence-corrected chi connectivity index (χ3v) is 3.08. The van der Waals surface area contributed by atoms with Crippen molar-refractivity contribution in [3.8, 4) is 0 Å². The molecule has 2 rings (SSSR count). The third kappa shape index (κ3) is 5.27. The van der Waals surface area contributed by atoms with Gasteiger partial charge >= 0.3 is 0 Å². The third-order valence-electron chi connectivity index (χ3n) is 3.08. The first-order valence-electron chi connectivity index (χ1n) is 7.30. The van der Waals surface area contributed by atoms with E-state index >= 15 is 0 Å². The van der Waals surface area contributed by atoms with Gasteiger partial charge in [-0.3, -0.25) is 10.1 Å². The molecule has 1 aromatic heterocycles. The van der Waals surface area contributed by atoms with Gasteiger partial charge in [0.05, 0.1) is 18.9 Å². The van der Waals surface area contributed by atoms with Crippen molar-refractivity contribution in [3.63, 3.8) is 0 Å². The summed E-state index contributed by atoms with van der Waals surface area (Å²) in [7, 11) is 1.58. The van der Waals surface area contributed by atoms with Gasteiger partial charge in [0.15, 0.2) is 5.76 Å². The number of hydrogen-bond donors (Lipinski definition) is 1. The summed E-state index contributed by atoms with van der Waals surface area (Å²) in [4.78, 5) is 16.5. The van der Waals surface area contributed by atoms with Gasteiger partial charge in [-0.1, -0.05) is 30.3 Å². The highest BCUT2D eigenvalue weighted by atomic mass is 16.5. The van der Waals surface area contributed by atoms with Gasteiger partial charge in [0.25, 0.3) is 11.9 Å². The fourth-order valence-corrected chi connectivity index (χ4v) is 1.88. The average molecular weight is 316 g/mol. The number of carbonyl (C=O) groups excluding carboxylic acids is 1. The number of benzene rings is 1. The van der Waals surface area contributed by atoms with E-state index in [0.717, 1.165) is 5.56 Å². The molecular formula is C17H20N2O4. The topological polar surface area (TPSA) is 73.1 Å². The summed E-state index contributed by atoms with van der Waals surface area (Å²) in [5.41, 5.74) is 1.02. The Bertz CT molecular complexity index is 623. The molecule has 0 saturated heterocycles. The van der Waals surface area contributed by atoms with Crippen molar-refractivity contribution in [2.24, 2.45) is 4.99 Å². The monoisotopic (exact) mass is 316 g/mol. The zero-order valence-electron chi connectivity index (χ0n) is 13.2. The number of rotatable bonds is 6. The molecule has 1 unspecified atom stereocenters. The van der Waals surface area contributed by atoms with Crippen molar-refractivity contribution < 1.29 is 18.7 Å². The summed E-state index contributed by atoms with van der Waals surface area (Å²) < 4.78 is 15.5. The Hall–Kier alpha value is -2.60. The lowest BCUT2D eigenvalue weighted by molar-refractivity contribution is 0.0927. The van der Waals surface area contributed by atoms with E-state index in [4.69, 9.17) is 13.9 Å². The first-order chi connectivity index (χ1) is 11.2. The number of furan rings is 1. The summed E-state index contributed by atoms with van der Waals surface area (Å²) in [5, 5.41) is 2.62. The number of methoxy groups -OCH3 is 1. The van der Waals surface area contributed by atoms with Crippen LogP contribution in [0.3, 0.4) is 0 Å². The maximum Gasteiger partial charge on any atom is 0.294 e. The SMILES string of the molecule is COCCOC(=NC(C)c1ccccc1)NC(=O)c1ccco1. The summed E-state index contributed by atoms with van der Waals surface area (Å²) >= 11 is 0. The fourth-order valence-electron chi connectivity index (χ4n) is 1.88. The molecule has 1 atom stereocenters. The number of aliphatic imine (C=N–C) groups is 1. The number of hydrogen-bond acceptors (Lipinski definition) is 5. The van der Waals surface area contributed by atoms with E-state index in [1.54, 1.807) is 19.2 Å². The molecule has 1 N–H and O–H groups in total. The van der Waals surface area contributed by atoms with Crippen LogP contribution in [0.2, 0.25) is 0 Å². The van der Waals surface area contributed by atoms with Crippen LogP contribution in [-0.2, 0) is 9.47 Å². The van der Waals surface area contributed by atoms with Crippen LogP contribution in [-0.4, -0.2) is 32.3 Å². The molecule has 23 heavy (non-hydrogen) atoms. The van der Waals surface area contributed by atoms with Crippen LogP contribution in [0, 0.1) is 0 Å². The minimum absolute atomic E-state index is 0.139. The van der Waals surface area contributed by atoms with Crippen LogP contribution >= 0.6 is 0 Å². The van der Waals surface area contributed by atoms with E-state index in [0.29, 0.717) is 6.61 Å². The highest BCUT2D eigenvalue weighted by Crippen LogP contribution is 2.16. The number of nitrogens with one attached hydrogen (secondary N) is 1.